The molecular formula is C32H27ClN4O3. The number of aromatic hydroxyl groups is 1. The summed E-state index contributed by atoms with van der Waals surface area (Å²) in [6.45, 7) is 2.44. The molecule has 7 nitrogen and oxygen atoms in total. The van der Waals surface area contributed by atoms with Gasteiger partial charge in [-0.15, -0.1) is 11.6 Å². The van der Waals surface area contributed by atoms with Crippen LogP contribution in [0.15, 0.2) is 85.1 Å². The smallest absolute Gasteiger partial charge is 0.274 e. The summed E-state index contributed by atoms with van der Waals surface area (Å²) < 4.78 is 0. The van der Waals surface area contributed by atoms with Crippen LogP contribution in [0.5, 0.6) is 5.75 Å². The number of hydrogen-bond donors (Lipinski definition) is 4. The second-order valence-electron chi connectivity index (χ2n) is 10.0. The minimum Gasteiger partial charge on any atom is -0.507 e. The first-order valence-corrected chi connectivity index (χ1v) is 13.5. The molecule has 0 fully saturated rings. The molecule has 1 aliphatic heterocycles. The Labute approximate surface area is 236 Å². The zero-order valence-corrected chi connectivity index (χ0v) is 22.5. The summed E-state index contributed by atoms with van der Waals surface area (Å²) in [5.41, 5.74) is 12.3. The number of amides is 2. The Hall–Kier alpha value is -4.75. The lowest BCUT2D eigenvalue weighted by Gasteiger charge is -2.18. The number of rotatable bonds is 5. The molecule has 0 radical (unpaired) electrons. The zero-order chi connectivity index (χ0) is 28.0. The van der Waals surface area contributed by atoms with E-state index in [0.717, 1.165) is 33.0 Å². The third-order valence-electron chi connectivity index (χ3n) is 7.46. The number of nitrogen functional groups attached to an aromatic ring is 1. The van der Waals surface area contributed by atoms with Gasteiger partial charge in [-0.2, -0.15) is 0 Å². The lowest BCUT2D eigenvalue weighted by atomic mass is 9.92. The molecule has 4 aromatic carbocycles. The minimum absolute atomic E-state index is 0.0461. The number of aromatic nitrogens is 1. The van der Waals surface area contributed by atoms with E-state index in [2.05, 4.69) is 10.3 Å². The van der Waals surface area contributed by atoms with E-state index in [9.17, 15) is 14.7 Å². The lowest BCUT2D eigenvalue weighted by molar-refractivity contribution is 0.0982. The van der Waals surface area contributed by atoms with Gasteiger partial charge in [0.05, 0.1) is 5.69 Å². The molecule has 1 aliphatic rings. The van der Waals surface area contributed by atoms with Crippen LogP contribution >= 0.6 is 11.6 Å². The Kier molecular flexibility index (Phi) is 6.44. The highest BCUT2D eigenvalue weighted by molar-refractivity contribution is 6.19. The summed E-state index contributed by atoms with van der Waals surface area (Å²) in [6, 6.07) is 23.4. The van der Waals surface area contributed by atoms with E-state index >= 15 is 0 Å². The van der Waals surface area contributed by atoms with Crippen LogP contribution in [0.25, 0.3) is 21.9 Å². The number of H-pyrrole nitrogens is 1. The molecule has 0 spiro atoms. The van der Waals surface area contributed by atoms with Crippen molar-refractivity contribution in [3.8, 4) is 16.9 Å². The van der Waals surface area contributed by atoms with E-state index < -0.39 is 0 Å². The summed E-state index contributed by atoms with van der Waals surface area (Å²) in [7, 11) is 0. The summed E-state index contributed by atoms with van der Waals surface area (Å²) in [5.74, 6) is 0.0380. The number of fused-ring (bicyclic) bond motifs is 3. The predicted molar refractivity (Wildman–Crippen MR) is 161 cm³/mol. The van der Waals surface area contributed by atoms with Gasteiger partial charge >= 0.3 is 0 Å². The Balaban J connectivity index is 1.24. The molecule has 40 heavy (non-hydrogen) atoms. The number of phenolic OH excluding ortho intramolecular Hbond substituents is 1. The highest BCUT2D eigenvalue weighted by Gasteiger charge is 2.35. The number of alkyl halides is 1. The summed E-state index contributed by atoms with van der Waals surface area (Å²) >= 11 is 6.37. The number of halogens is 1. The average Bonchev–Trinajstić information content (AvgIpc) is 3.59. The van der Waals surface area contributed by atoms with E-state index in [0.29, 0.717) is 40.7 Å². The number of nitrogens with one attached hydrogen (secondary N) is 2. The summed E-state index contributed by atoms with van der Waals surface area (Å²) in [6.07, 6.45) is 1.78. The number of aryl methyl sites for hydroxylation is 1. The van der Waals surface area contributed by atoms with Crippen LogP contribution in [-0.2, 0) is 0 Å². The Morgan fingerprint density at radius 2 is 1.80 bits per heavy atom. The number of carbonyl (C=O) groups excluding carboxylic acids is 2. The maximum Gasteiger partial charge on any atom is 0.274 e. The summed E-state index contributed by atoms with van der Waals surface area (Å²) in [4.78, 5) is 31.0. The number of carbonyl (C=O) groups is 2. The van der Waals surface area contributed by atoms with E-state index in [-0.39, 0.29) is 23.5 Å². The highest BCUT2D eigenvalue weighted by Crippen LogP contribution is 2.46. The van der Waals surface area contributed by atoms with Gasteiger partial charge in [0, 0.05) is 52.9 Å². The van der Waals surface area contributed by atoms with Gasteiger partial charge in [0.15, 0.2) is 0 Å². The van der Waals surface area contributed by atoms with E-state index in [1.54, 1.807) is 41.4 Å². The third-order valence-corrected chi connectivity index (χ3v) is 7.84. The zero-order valence-electron chi connectivity index (χ0n) is 21.7. The molecule has 0 bridgehead atoms. The fourth-order valence-corrected chi connectivity index (χ4v) is 5.68. The molecular weight excluding hydrogens is 524 g/mol. The number of nitrogens with two attached hydrogens (primary N) is 1. The van der Waals surface area contributed by atoms with Crippen molar-refractivity contribution in [2.45, 2.75) is 12.8 Å². The van der Waals surface area contributed by atoms with Gasteiger partial charge in [-0.1, -0.05) is 30.3 Å². The van der Waals surface area contributed by atoms with Crippen LogP contribution < -0.4 is 16.0 Å². The molecule has 2 amide bonds. The maximum atomic E-state index is 13.7. The van der Waals surface area contributed by atoms with Crippen molar-refractivity contribution >= 4 is 51.2 Å². The van der Waals surface area contributed by atoms with Crippen molar-refractivity contribution in [3.63, 3.8) is 0 Å². The van der Waals surface area contributed by atoms with Gasteiger partial charge in [0.2, 0.25) is 0 Å². The van der Waals surface area contributed by atoms with Crippen molar-refractivity contribution in [1.29, 1.82) is 0 Å². The third kappa shape index (κ3) is 4.44. The topological polar surface area (TPSA) is 111 Å². The molecule has 1 atom stereocenters. The standard InChI is InChI=1S/C32H27ClN4O3/c1-18-3-2-4-25-28(38)14-27-30(29(18)25)22(15-33)17-37(27)32(40)26-13-21(16-35-26)19-7-11-24(12-8-19)36-31(39)20-5-9-23(34)10-6-20/h2-14,16,22,35,38H,15,17,34H2,1H3,(H,36,39). The molecule has 5 N–H and O–H groups in total. The molecule has 0 saturated carbocycles. The van der Waals surface area contributed by atoms with Crippen LogP contribution in [0.1, 0.15) is 37.9 Å². The van der Waals surface area contributed by atoms with Gasteiger partial charge in [-0.25, -0.2) is 0 Å². The second kappa shape index (κ2) is 10.1. The first-order chi connectivity index (χ1) is 19.3. The van der Waals surface area contributed by atoms with Crippen LogP contribution in [-0.4, -0.2) is 34.3 Å². The van der Waals surface area contributed by atoms with E-state index in [1.807, 2.05) is 55.5 Å². The largest absolute Gasteiger partial charge is 0.507 e. The van der Waals surface area contributed by atoms with Crippen LogP contribution in [0.2, 0.25) is 0 Å². The van der Waals surface area contributed by atoms with Crippen molar-refractivity contribution in [1.82, 2.24) is 4.98 Å². The SMILES string of the molecule is Cc1cccc2c(O)cc3c(c12)C(CCl)CN3C(=O)c1cc(-c2ccc(NC(=O)c3ccc(N)cc3)cc2)c[nH]1. The molecule has 6 rings (SSSR count). The number of anilines is 3. The van der Waals surface area contributed by atoms with Crippen molar-refractivity contribution in [3.05, 3.63) is 107 Å². The van der Waals surface area contributed by atoms with E-state index in [4.69, 9.17) is 17.3 Å². The number of benzene rings is 4. The number of nitrogens with zero attached hydrogens (tertiary/aromatic N) is 1. The van der Waals surface area contributed by atoms with Crippen molar-refractivity contribution in [2.75, 3.05) is 28.4 Å². The summed E-state index contributed by atoms with van der Waals surface area (Å²) in [5, 5.41) is 15.4. The lowest BCUT2D eigenvalue weighted by Crippen LogP contribution is -2.30. The molecule has 0 saturated heterocycles. The molecule has 2 heterocycles. The van der Waals surface area contributed by atoms with Gasteiger partial charge in [0.25, 0.3) is 11.8 Å². The van der Waals surface area contributed by atoms with Gasteiger partial charge in [0.1, 0.15) is 11.4 Å². The Bertz CT molecular complexity index is 1760. The number of hydrogen-bond acceptors (Lipinski definition) is 4. The quantitative estimate of drug-likeness (QED) is 0.145. The van der Waals surface area contributed by atoms with E-state index in [1.165, 1.54) is 0 Å². The van der Waals surface area contributed by atoms with Crippen LogP contribution in [0.3, 0.4) is 0 Å². The van der Waals surface area contributed by atoms with Gasteiger partial charge in [-0.3, -0.25) is 9.59 Å². The second-order valence-corrected chi connectivity index (χ2v) is 10.4. The molecule has 0 aliphatic carbocycles. The molecule has 8 heteroatoms. The van der Waals surface area contributed by atoms with Crippen LogP contribution in [0.4, 0.5) is 17.1 Å². The maximum absolute atomic E-state index is 13.7. The van der Waals surface area contributed by atoms with Crippen LogP contribution in [0, 0.1) is 6.92 Å². The molecule has 5 aromatic rings. The number of phenols is 1. The fraction of sp³-hybridized carbons (Fsp3) is 0.125. The van der Waals surface area contributed by atoms with Crippen molar-refractivity contribution < 1.29 is 14.7 Å². The monoisotopic (exact) mass is 550 g/mol. The molecule has 200 valence electrons. The first kappa shape index (κ1) is 25.5. The Morgan fingerprint density at radius 3 is 2.52 bits per heavy atom. The Morgan fingerprint density at radius 1 is 1.05 bits per heavy atom. The highest BCUT2D eigenvalue weighted by atomic mass is 35.5. The normalized spacial score (nSPS) is 14.3. The first-order valence-electron chi connectivity index (χ1n) is 12.9. The molecule has 1 aromatic heterocycles. The average molecular weight is 551 g/mol. The van der Waals surface area contributed by atoms with Gasteiger partial charge < -0.3 is 26.0 Å². The predicted octanol–water partition coefficient (Wildman–Crippen LogP) is 6.67. The van der Waals surface area contributed by atoms with Gasteiger partial charge in [-0.05, 0) is 77.0 Å². The molecule has 1 unspecified atom stereocenters. The van der Waals surface area contributed by atoms with Crippen molar-refractivity contribution in [2.24, 2.45) is 0 Å². The number of aromatic amines is 1. The fourth-order valence-electron chi connectivity index (χ4n) is 5.43. The minimum atomic E-state index is -0.225.